The molecule has 2 aromatic heterocycles. The van der Waals surface area contributed by atoms with Crippen LogP contribution < -0.4 is 5.32 Å². The van der Waals surface area contributed by atoms with Gasteiger partial charge in [0.25, 0.3) is 11.8 Å². The first-order valence-corrected chi connectivity index (χ1v) is 9.11. The molecular weight excluding hydrogens is 368 g/mol. The molecule has 1 aliphatic heterocycles. The van der Waals surface area contributed by atoms with Gasteiger partial charge in [-0.05, 0) is 17.2 Å². The van der Waals surface area contributed by atoms with E-state index in [4.69, 9.17) is 0 Å². The lowest BCUT2D eigenvalue weighted by atomic mass is 10.0. The highest BCUT2D eigenvalue weighted by Crippen LogP contribution is 2.32. The monoisotopic (exact) mass is 384 g/mol. The van der Waals surface area contributed by atoms with Gasteiger partial charge < -0.3 is 10.2 Å². The first-order valence-electron chi connectivity index (χ1n) is 9.11. The van der Waals surface area contributed by atoms with Gasteiger partial charge in [-0.3, -0.25) is 14.7 Å². The van der Waals surface area contributed by atoms with Crippen LogP contribution >= 0.6 is 0 Å². The van der Waals surface area contributed by atoms with E-state index in [2.05, 4.69) is 25.5 Å². The van der Waals surface area contributed by atoms with Gasteiger partial charge in [-0.25, -0.2) is 9.97 Å². The molecule has 4 aromatic rings. The molecule has 2 amide bonds. The SMILES string of the molecule is O=C(Nc1ncnc2[nH]ncc12)[C@@H](c1ccccc1)N1Cc2ccccc2C1=O. The van der Waals surface area contributed by atoms with Crippen LogP contribution in [0.25, 0.3) is 11.0 Å². The third-order valence-electron chi connectivity index (χ3n) is 5.01. The second-order valence-electron chi connectivity index (χ2n) is 6.75. The van der Waals surface area contributed by atoms with Crippen LogP contribution in [-0.2, 0) is 11.3 Å². The lowest BCUT2D eigenvalue weighted by molar-refractivity contribution is -0.120. The normalized spacial score (nSPS) is 14.1. The number of benzene rings is 2. The third kappa shape index (κ3) is 2.91. The fourth-order valence-electron chi connectivity index (χ4n) is 3.64. The standard InChI is InChI=1S/C21H16N6O2/c28-20(25-18-16-10-24-26-19(16)23-12-22-18)17(13-6-2-1-3-7-13)27-11-14-8-4-5-9-15(14)21(27)29/h1-10,12,17H,11H2,(H2,22,23,24,25,26,28)/t17-/m1/s1. The molecule has 8 nitrogen and oxygen atoms in total. The third-order valence-corrected chi connectivity index (χ3v) is 5.01. The number of anilines is 1. The summed E-state index contributed by atoms with van der Waals surface area (Å²) in [7, 11) is 0. The fourth-order valence-corrected chi connectivity index (χ4v) is 3.64. The topological polar surface area (TPSA) is 104 Å². The van der Waals surface area contributed by atoms with Crippen molar-refractivity contribution in [2.24, 2.45) is 0 Å². The van der Waals surface area contributed by atoms with Crippen molar-refractivity contribution in [1.82, 2.24) is 25.1 Å². The number of H-pyrrole nitrogens is 1. The molecule has 5 rings (SSSR count). The van der Waals surface area contributed by atoms with Gasteiger partial charge in [0.15, 0.2) is 5.65 Å². The minimum absolute atomic E-state index is 0.166. The number of fused-ring (bicyclic) bond motifs is 2. The van der Waals surface area contributed by atoms with Crippen molar-refractivity contribution in [1.29, 1.82) is 0 Å². The number of hydrogen-bond donors (Lipinski definition) is 2. The Morgan fingerprint density at radius 2 is 1.86 bits per heavy atom. The van der Waals surface area contributed by atoms with E-state index in [1.54, 1.807) is 17.2 Å². The van der Waals surface area contributed by atoms with Gasteiger partial charge in [0.05, 0.1) is 11.6 Å². The van der Waals surface area contributed by atoms with Gasteiger partial charge in [0.1, 0.15) is 18.2 Å². The van der Waals surface area contributed by atoms with Crippen LogP contribution in [0.15, 0.2) is 67.1 Å². The van der Waals surface area contributed by atoms with E-state index in [0.717, 1.165) is 11.1 Å². The Labute approximate surface area is 165 Å². The van der Waals surface area contributed by atoms with Crippen molar-refractivity contribution in [2.75, 3.05) is 5.32 Å². The van der Waals surface area contributed by atoms with Crippen LogP contribution in [-0.4, -0.2) is 36.9 Å². The van der Waals surface area contributed by atoms with Gasteiger partial charge in [-0.1, -0.05) is 48.5 Å². The molecular formula is C21H16N6O2. The second-order valence-corrected chi connectivity index (χ2v) is 6.75. The number of hydrogen-bond acceptors (Lipinski definition) is 5. The average Bonchev–Trinajstić information content (AvgIpc) is 3.35. The summed E-state index contributed by atoms with van der Waals surface area (Å²) in [4.78, 5) is 36.3. The van der Waals surface area contributed by atoms with Crippen LogP contribution in [0, 0.1) is 0 Å². The van der Waals surface area contributed by atoms with Crippen molar-refractivity contribution in [3.8, 4) is 0 Å². The molecule has 0 saturated heterocycles. The number of carbonyl (C=O) groups excluding carboxylic acids is 2. The fraction of sp³-hybridized carbons (Fsp3) is 0.0952. The van der Waals surface area contributed by atoms with Crippen molar-refractivity contribution in [3.63, 3.8) is 0 Å². The van der Waals surface area contributed by atoms with Crippen LogP contribution in [0.3, 0.4) is 0 Å². The van der Waals surface area contributed by atoms with Gasteiger partial charge in [0, 0.05) is 12.1 Å². The molecule has 1 aliphatic rings. The minimum atomic E-state index is -0.798. The zero-order valence-corrected chi connectivity index (χ0v) is 15.2. The highest BCUT2D eigenvalue weighted by Gasteiger charge is 2.37. The maximum absolute atomic E-state index is 13.4. The average molecular weight is 384 g/mol. The molecule has 0 spiro atoms. The summed E-state index contributed by atoms with van der Waals surface area (Å²) in [5.41, 5.74) is 2.78. The highest BCUT2D eigenvalue weighted by atomic mass is 16.2. The molecule has 29 heavy (non-hydrogen) atoms. The summed E-state index contributed by atoms with van der Waals surface area (Å²) in [5, 5.41) is 10.1. The zero-order valence-electron chi connectivity index (χ0n) is 15.2. The number of amides is 2. The maximum Gasteiger partial charge on any atom is 0.255 e. The van der Waals surface area contributed by atoms with Gasteiger partial charge in [0.2, 0.25) is 0 Å². The van der Waals surface area contributed by atoms with E-state index in [9.17, 15) is 9.59 Å². The Balaban J connectivity index is 1.53. The van der Waals surface area contributed by atoms with Crippen molar-refractivity contribution in [2.45, 2.75) is 12.6 Å². The van der Waals surface area contributed by atoms with E-state index in [-0.39, 0.29) is 11.8 Å². The maximum atomic E-state index is 13.4. The molecule has 0 saturated carbocycles. The molecule has 3 heterocycles. The van der Waals surface area contributed by atoms with Crippen LogP contribution in [0.5, 0.6) is 0 Å². The lowest BCUT2D eigenvalue weighted by Gasteiger charge is -2.27. The number of nitrogens with zero attached hydrogens (tertiary/aromatic N) is 4. The smallest absolute Gasteiger partial charge is 0.255 e. The summed E-state index contributed by atoms with van der Waals surface area (Å²) in [6.45, 7) is 0.368. The summed E-state index contributed by atoms with van der Waals surface area (Å²) < 4.78 is 0. The van der Waals surface area contributed by atoms with Gasteiger partial charge in [-0.15, -0.1) is 0 Å². The summed E-state index contributed by atoms with van der Waals surface area (Å²) in [6.07, 6.45) is 2.91. The molecule has 0 fully saturated rings. The number of rotatable bonds is 4. The van der Waals surface area contributed by atoms with Gasteiger partial charge in [-0.2, -0.15) is 5.10 Å². The van der Waals surface area contributed by atoms with E-state index in [1.807, 2.05) is 48.5 Å². The Morgan fingerprint density at radius 1 is 1.07 bits per heavy atom. The van der Waals surface area contributed by atoms with E-state index in [1.165, 1.54) is 6.33 Å². The molecule has 1 atom stereocenters. The molecule has 0 radical (unpaired) electrons. The molecule has 142 valence electrons. The van der Waals surface area contributed by atoms with E-state index < -0.39 is 6.04 Å². The Hall–Kier alpha value is -4.07. The second kappa shape index (κ2) is 6.83. The number of aromatic amines is 1. The molecule has 0 aliphatic carbocycles. The van der Waals surface area contributed by atoms with Crippen molar-refractivity contribution < 1.29 is 9.59 Å². The molecule has 2 aromatic carbocycles. The Bertz CT molecular complexity index is 1220. The molecule has 2 N–H and O–H groups in total. The summed E-state index contributed by atoms with van der Waals surface area (Å²) >= 11 is 0. The van der Waals surface area contributed by atoms with Crippen molar-refractivity contribution >= 4 is 28.7 Å². The summed E-state index contributed by atoms with van der Waals surface area (Å²) in [5.74, 6) is -0.168. The van der Waals surface area contributed by atoms with Crippen LogP contribution in [0.1, 0.15) is 27.5 Å². The number of nitrogens with one attached hydrogen (secondary N) is 2. The molecule has 0 bridgehead atoms. The molecule has 8 heteroatoms. The Kier molecular flexibility index (Phi) is 4.02. The molecule has 0 unspecified atom stereocenters. The first-order chi connectivity index (χ1) is 14.2. The largest absolute Gasteiger partial charge is 0.318 e. The van der Waals surface area contributed by atoms with Crippen LogP contribution in [0.4, 0.5) is 5.82 Å². The Morgan fingerprint density at radius 3 is 2.69 bits per heavy atom. The minimum Gasteiger partial charge on any atom is -0.318 e. The van der Waals surface area contributed by atoms with Crippen molar-refractivity contribution in [3.05, 3.63) is 83.8 Å². The summed E-state index contributed by atoms with van der Waals surface area (Å²) in [6, 6.07) is 15.9. The first kappa shape index (κ1) is 17.1. The predicted octanol–water partition coefficient (Wildman–Crippen LogP) is 2.69. The van der Waals surface area contributed by atoms with Crippen LogP contribution in [0.2, 0.25) is 0 Å². The zero-order chi connectivity index (χ0) is 19.8. The number of aromatic nitrogens is 4. The highest BCUT2D eigenvalue weighted by molar-refractivity contribution is 6.05. The number of carbonyl (C=O) groups is 2. The van der Waals surface area contributed by atoms with E-state index in [0.29, 0.717) is 29.0 Å². The predicted molar refractivity (Wildman–Crippen MR) is 106 cm³/mol. The van der Waals surface area contributed by atoms with E-state index >= 15 is 0 Å². The van der Waals surface area contributed by atoms with Gasteiger partial charge >= 0.3 is 0 Å². The lowest BCUT2D eigenvalue weighted by Crippen LogP contribution is -2.37. The quantitative estimate of drug-likeness (QED) is 0.563.